The molecule has 9 heteroatoms. The van der Waals surface area contributed by atoms with Gasteiger partial charge in [0.2, 0.25) is 5.91 Å². The van der Waals surface area contributed by atoms with Gasteiger partial charge in [-0.15, -0.1) is 0 Å². The van der Waals surface area contributed by atoms with E-state index in [9.17, 15) is 14.0 Å². The lowest BCUT2D eigenvalue weighted by atomic mass is 10.1. The Labute approximate surface area is 165 Å². The van der Waals surface area contributed by atoms with Crippen LogP contribution in [-0.2, 0) is 11.3 Å². The number of nitrogens with zero attached hydrogens (tertiary/aromatic N) is 4. The van der Waals surface area contributed by atoms with Crippen LogP contribution in [0.25, 0.3) is 10.9 Å². The SMILES string of the molecule is Cc1nn(C2CC2)c2cnn(CC(=O)NC(C)c3ccc(Cl)cc3F)c(=O)c12. The van der Waals surface area contributed by atoms with Gasteiger partial charge in [-0.05, 0) is 38.8 Å². The zero-order chi connectivity index (χ0) is 20.0. The number of aromatic nitrogens is 4. The number of halogens is 2. The summed E-state index contributed by atoms with van der Waals surface area (Å²) in [4.78, 5) is 25.2. The number of nitrogens with one attached hydrogen (secondary N) is 1. The highest BCUT2D eigenvalue weighted by molar-refractivity contribution is 6.30. The van der Waals surface area contributed by atoms with E-state index in [1.54, 1.807) is 26.1 Å². The zero-order valence-corrected chi connectivity index (χ0v) is 16.2. The van der Waals surface area contributed by atoms with Crippen molar-refractivity contribution in [3.8, 4) is 0 Å². The van der Waals surface area contributed by atoms with Gasteiger partial charge in [-0.25, -0.2) is 9.07 Å². The molecule has 1 N–H and O–H groups in total. The third-order valence-corrected chi connectivity index (χ3v) is 5.12. The van der Waals surface area contributed by atoms with Crippen molar-refractivity contribution in [2.24, 2.45) is 0 Å². The van der Waals surface area contributed by atoms with E-state index in [-0.39, 0.29) is 17.1 Å². The van der Waals surface area contributed by atoms with Crippen molar-refractivity contribution >= 4 is 28.4 Å². The van der Waals surface area contributed by atoms with Crippen molar-refractivity contribution in [3.63, 3.8) is 0 Å². The summed E-state index contributed by atoms with van der Waals surface area (Å²) in [5.41, 5.74) is 1.27. The summed E-state index contributed by atoms with van der Waals surface area (Å²) in [5.74, 6) is -0.942. The molecular formula is C19H19ClFN5O2. The fourth-order valence-electron chi connectivity index (χ4n) is 3.32. The molecule has 3 aromatic rings. The van der Waals surface area contributed by atoms with Crippen LogP contribution in [0, 0.1) is 12.7 Å². The van der Waals surface area contributed by atoms with Gasteiger partial charge in [0.15, 0.2) is 0 Å². The van der Waals surface area contributed by atoms with Crippen LogP contribution >= 0.6 is 11.6 Å². The molecule has 0 bridgehead atoms. The fourth-order valence-corrected chi connectivity index (χ4v) is 3.48. The minimum absolute atomic E-state index is 0.262. The van der Waals surface area contributed by atoms with E-state index >= 15 is 0 Å². The minimum Gasteiger partial charge on any atom is -0.348 e. The average Bonchev–Trinajstić information content (AvgIpc) is 3.41. The second-order valence-electron chi connectivity index (χ2n) is 7.08. The van der Waals surface area contributed by atoms with Crippen LogP contribution in [0.1, 0.15) is 43.1 Å². The van der Waals surface area contributed by atoms with Crippen LogP contribution in [0.15, 0.2) is 29.2 Å². The molecule has 1 aliphatic carbocycles. The minimum atomic E-state index is -0.580. The standard InChI is InChI=1S/C19H19ClFN5O2/c1-10(14-6-3-12(20)7-15(14)21)23-17(27)9-25-19(28)18-11(2)24-26(13-4-5-13)16(18)8-22-25/h3,6-8,10,13H,4-5,9H2,1-2H3,(H,23,27). The molecule has 0 aliphatic heterocycles. The van der Waals surface area contributed by atoms with Crippen LogP contribution < -0.4 is 10.9 Å². The Morgan fingerprint density at radius 3 is 2.86 bits per heavy atom. The number of hydrogen-bond acceptors (Lipinski definition) is 4. The summed E-state index contributed by atoms with van der Waals surface area (Å²) in [6.45, 7) is 3.17. The Balaban J connectivity index is 1.54. The quantitative estimate of drug-likeness (QED) is 0.710. The van der Waals surface area contributed by atoms with E-state index in [0.29, 0.717) is 28.2 Å². The summed E-state index contributed by atoms with van der Waals surface area (Å²) in [5, 5.41) is 12.0. The van der Waals surface area contributed by atoms with Gasteiger partial charge in [-0.1, -0.05) is 17.7 Å². The Kier molecular flexibility index (Phi) is 4.66. The van der Waals surface area contributed by atoms with Gasteiger partial charge in [-0.3, -0.25) is 14.3 Å². The molecule has 1 unspecified atom stereocenters. The number of fused-ring (bicyclic) bond motifs is 1. The lowest BCUT2D eigenvalue weighted by Crippen LogP contribution is -2.35. The van der Waals surface area contributed by atoms with E-state index < -0.39 is 17.8 Å². The fraction of sp³-hybridized carbons (Fsp3) is 0.368. The first-order chi connectivity index (χ1) is 13.3. The second-order valence-corrected chi connectivity index (χ2v) is 7.52. The number of hydrogen-bond donors (Lipinski definition) is 1. The van der Waals surface area contributed by atoms with E-state index in [1.807, 2.05) is 4.68 Å². The normalized spacial score (nSPS) is 15.0. The average molecular weight is 404 g/mol. The van der Waals surface area contributed by atoms with Crippen molar-refractivity contribution in [2.75, 3.05) is 0 Å². The van der Waals surface area contributed by atoms with Crippen molar-refractivity contribution in [1.29, 1.82) is 0 Å². The first kappa shape index (κ1) is 18.6. The van der Waals surface area contributed by atoms with Crippen LogP contribution in [0.3, 0.4) is 0 Å². The van der Waals surface area contributed by atoms with Crippen molar-refractivity contribution in [2.45, 2.75) is 45.3 Å². The molecule has 0 saturated heterocycles. The maximum atomic E-state index is 14.0. The van der Waals surface area contributed by atoms with Crippen molar-refractivity contribution < 1.29 is 9.18 Å². The third kappa shape index (κ3) is 3.40. The molecule has 0 spiro atoms. The second kappa shape index (κ2) is 7.01. The summed E-state index contributed by atoms with van der Waals surface area (Å²) in [7, 11) is 0. The third-order valence-electron chi connectivity index (χ3n) is 4.88. The number of benzene rings is 1. The molecule has 7 nitrogen and oxygen atoms in total. The van der Waals surface area contributed by atoms with Gasteiger partial charge in [0.05, 0.1) is 34.9 Å². The van der Waals surface area contributed by atoms with E-state index in [2.05, 4.69) is 15.5 Å². The van der Waals surface area contributed by atoms with Gasteiger partial charge in [-0.2, -0.15) is 10.2 Å². The maximum absolute atomic E-state index is 14.0. The summed E-state index contributed by atoms with van der Waals surface area (Å²) >= 11 is 5.76. The molecule has 1 saturated carbocycles. The number of rotatable bonds is 5. The highest BCUT2D eigenvalue weighted by Crippen LogP contribution is 2.36. The van der Waals surface area contributed by atoms with Crippen LogP contribution in [0.4, 0.5) is 4.39 Å². The van der Waals surface area contributed by atoms with Gasteiger partial charge in [0.1, 0.15) is 12.4 Å². The molecule has 146 valence electrons. The molecule has 0 radical (unpaired) electrons. The first-order valence-corrected chi connectivity index (χ1v) is 9.42. The smallest absolute Gasteiger partial charge is 0.278 e. The van der Waals surface area contributed by atoms with Gasteiger partial charge in [0, 0.05) is 10.6 Å². The highest BCUT2D eigenvalue weighted by atomic mass is 35.5. The number of amides is 1. The topological polar surface area (TPSA) is 81.8 Å². The van der Waals surface area contributed by atoms with E-state index in [0.717, 1.165) is 17.5 Å². The van der Waals surface area contributed by atoms with Crippen LogP contribution in [0.5, 0.6) is 0 Å². The largest absolute Gasteiger partial charge is 0.348 e. The lowest BCUT2D eigenvalue weighted by Gasteiger charge is -2.15. The predicted octanol–water partition coefficient (Wildman–Crippen LogP) is 2.91. The van der Waals surface area contributed by atoms with Gasteiger partial charge < -0.3 is 5.32 Å². The molecule has 28 heavy (non-hydrogen) atoms. The number of aryl methyl sites for hydroxylation is 1. The van der Waals surface area contributed by atoms with Gasteiger partial charge >= 0.3 is 0 Å². The Morgan fingerprint density at radius 1 is 1.43 bits per heavy atom. The summed E-state index contributed by atoms with van der Waals surface area (Å²) in [6.07, 6.45) is 3.66. The molecule has 1 amide bonds. The highest BCUT2D eigenvalue weighted by Gasteiger charge is 2.28. The molecule has 2 aromatic heterocycles. The van der Waals surface area contributed by atoms with Gasteiger partial charge in [0.25, 0.3) is 5.56 Å². The summed E-state index contributed by atoms with van der Waals surface area (Å²) < 4.78 is 17.0. The molecular weight excluding hydrogens is 385 g/mol. The number of carbonyl (C=O) groups is 1. The lowest BCUT2D eigenvalue weighted by molar-refractivity contribution is -0.122. The van der Waals surface area contributed by atoms with Crippen molar-refractivity contribution in [1.82, 2.24) is 24.9 Å². The number of carbonyl (C=O) groups excluding carboxylic acids is 1. The van der Waals surface area contributed by atoms with E-state index in [1.165, 1.54) is 12.1 Å². The molecule has 4 rings (SSSR count). The molecule has 1 aliphatic rings. The Morgan fingerprint density at radius 2 is 2.18 bits per heavy atom. The monoisotopic (exact) mass is 403 g/mol. The predicted molar refractivity (Wildman–Crippen MR) is 103 cm³/mol. The summed E-state index contributed by atoms with van der Waals surface area (Å²) in [6, 6.07) is 4.02. The molecule has 1 fully saturated rings. The Hall–Kier alpha value is -2.74. The maximum Gasteiger partial charge on any atom is 0.278 e. The van der Waals surface area contributed by atoms with Crippen LogP contribution in [0.2, 0.25) is 5.02 Å². The first-order valence-electron chi connectivity index (χ1n) is 9.04. The zero-order valence-electron chi connectivity index (χ0n) is 15.4. The van der Waals surface area contributed by atoms with E-state index in [4.69, 9.17) is 11.6 Å². The molecule has 1 atom stereocenters. The van der Waals surface area contributed by atoms with Crippen molar-refractivity contribution in [3.05, 3.63) is 56.8 Å². The molecule has 2 heterocycles. The Bertz CT molecular complexity index is 1140. The molecule has 1 aromatic carbocycles. The van der Waals surface area contributed by atoms with Crippen LogP contribution in [-0.4, -0.2) is 25.5 Å².